The summed E-state index contributed by atoms with van der Waals surface area (Å²) in [5.41, 5.74) is 0.900. The molecule has 3 rings (SSSR count). The van der Waals surface area contributed by atoms with Crippen molar-refractivity contribution in [3.05, 3.63) is 27.7 Å². The fourth-order valence-corrected chi connectivity index (χ4v) is 5.42. The minimum absolute atomic E-state index is 0.00276. The SMILES string of the molecule is CC1(C)OC[C@H](CN2CC(c3c(OCOCC[Si](C)(C)C)ccc(Cl)c3Cl)CC2=S)O1. The molecule has 2 fully saturated rings. The molecule has 1 aromatic rings. The maximum atomic E-state index is 6.63. The summed E-state index contributed by atoms with van der Waals surface area (Å²) in [6.45, 7) is 13.7. The molecule has 0 bridgehead atoms. The summed E-state index contributed by atoms with van der Waals surface area (Å²) in [4.78, 5) is 3.08. The van der Waals surface area contributed by atoms with Gasteiger partial charge in [0.25, 0.3) is 0 Å². The third-order valence-electron chi connectivity index (χ3n) is 5.50. The van der Waals surface area contributed by atoms with E-state index in [1.165, 1.54) is 0 Å². The summed E-state index contributed by atoms with van der Waals surface area (Å²) in [6, 6.07) is 4.73. The first-order valence-corrected chi connectivity index (χ1v) is 15.6. The van der Waals surface area contributed by atoms with E-state index < -0.39 is 13.9 Å². The van der Waals surface area contributed by atoms with Gasteiger partial charge in [0.05, 0.1) is 21.6 Å². The Kier molecular flexibility index (Phi) is 8.33. The van der Waals surface area contributed by atoms with Crippen LogP contribution in [0.5, 0.6) is 5.75 Å². The maximum Gasteiger partial charge on any atom is 0.189 e. The van der Waals surface area contributed by atoms with Crippen molar-refractivity contribution in [2.75, 3.05) is 33.1 Å². The zero-order valence-corrected chi connectivity index (χ0v) is 22.3. The van der Waals surface area contributed by atoms with Gasteiger partial charge in [0.1, 0.15) is 11.9 Å². The van der Waals surface area contributed by atoms with Crippen molar-refractivity contribution in [2.45, 2.75) is 63.8 Å². The van der Waals surface area contributed by atoms with Gasteiger partial charge < -0.3 is 23.8 Å². The number of likely N-dealkylation sites (tertiary alicyclic amines) is 1. The molecular weight excluding hydrogens is 473 g/mol. The monoisotopic (exact) mass is 505 g/mol. The molecule has 0 aromatic heterocycles. The second-order valence-electron chi connectivity index (χ2n) is 9.90. The molecule has 2 atom stereocenters. The molecule has 0 radical (unpaired) electrons. The molecule has 2 saturated heterocycles. The highest BCUT2D eigenvalue weighted by molar-refractivity contribution is 7.80. The number of nitrogens with zero attached hydrogens (tertiary/aromatic N) is 1. The van der Waals surface area contributed by atoms with Crippen LogP contribution in [-0.4, -0.2) is 62.9 Å². The predicted octanol–water partition coefficient (Wildman–Crippen LogP) is 5.95. The first-order valence-electron chi connectivity index (χ1n) is 10.7. The molecule has 2 aliphatic heterocycles. The van der Waals surface area contributed by atoms with Crippen molar-refractivity contribution in [1.29, 1.82) is 0 Å². The number of ether oxygens (including phenoxy) is 4. The van der Waals surface area contributed by atoms with E-state index >= 15 is 0 Å². The van der Waals surface area contributed by atoms with Gasteiger partial charge in [0, 0.05) is 45.7 Å². The molecule has 0 amide bonds. The fraction of sp³-hybridized carbons (Fsp3) is 0.682. The minimum atomic E-state index is -1.13. The molecule has 5 nitrogen and oxygen atoms in total. The van der Waals surface area contributed by atoms with Crippen molar-refractivity contribution in [3.8, 4) is 5.75 Å². The Morgan fingerprint density at radius 2 is 2.00 bits per heavy atom. The van der Waals surface area contributed by atoms with Crippen LogP contribution in [0.4, 0.5) is 0 Å². The van der Waals surface area contributed by atoms with Crippen LogP contribution in [0.3, 0.4) is 0 Å². The van der Waals surface area contributed by atoms with E-state index in [4.69, 9.17) is 54.4 Å². The van der Waals surface area contributed by atoms with Crippen molar-refractivity contribution < 1.29 is 18.9 Å². The van der Waals surface area contributed by atoms with Crippen LogP contribution in [0.15, 0.2) is 12.1 Å². The van der Waals surface area contributed by atoms with Gasteiger partial charge >= 0.3 is 0 Å². The molecule has 31 heavy (non-hydrogen) atoms. The Morgan fingerprint density at radius 1 is 1.26 bits per heavy atom. The summed E-state index contributed by atoms with van der Waals surface area (Å²) < 4.78 is 23.3. The highest BCUT2D eigenvalue weighted by Crippen LogP contribution is 2.42. The van der Waals surface area contributed by atoms with Gasteiger partial charge in [0.15, 0.2) is 12.6 Å². The summed E-state index contributed by atoms with van der Waals surface area (Å²) in [7, 11) is -1.13. The quantitative estimate of drug-likeness (QED) is 0.178. The van der Waals surface area contributed by atoms with Crippen LogP contribution in [0.25, 0.3) is 0 Å². The zero-order chi connectivity index (χ0) is 22.8. The van der Waals surface area contributed by atoms with Crippen LogP contribution in [0.1, 0.15) is 31.7 Å². The third-order valence-corrected chi connectivity index (χ3v) is 8.45. The van der Waals surface area contributed by atoms with E-state index in [0.29, 0.717) is 35.6 Å². The van der Waals surface area contributed by atoms with Crippen molar-refractivity contribution >= 4 is 48.5 Å². The number of thiocarbonyl (C=S) groups is 1. The lowest BCUT2D eigenvalue weighted by Gasteiger charge is -2.24. The molecule has 0 N–H and O–H groups in total. The van der Waals surface area contributed by atoms with E-state index in [9.17, 15) is 0 Å². The normalized spacial score (nSPS) is 23.6. The molecule has 0 spiro atoms. The van der Waals surface area contributed by atoms with E-state index in [-0.39, 0.29) is 18.8 Å². The van der Waals surface area contributed by atoms with Crippen LogP contribution < -0.4 is 4.74 Å². The molecule has 2 heterocycles. The summed E-state index contributed by atoms with van der Waals surface area (Å²) in [5, 5.41) is 1.04. The van der Waals surface area contributed by atoms with Gasteiger partial charge in [-0.15, -0.1) is 0 Å². The Labute approximate surface area is 202 Å². The third kappa shape index (κ3) is 7.03. The Balaban J connectivity index is 1.64. The standard InChI is InChI=1S/C22H33Cl2NO4SSi/c1-22(2)28-13-16(29-22)12-25-11-15(10-19(25)30)20-18(7-6-17(23)21(20)24)27-14-26-8-9-31(3,4)5/h6-7,15-16H,8-14H2,1-5H3/t15?,16-/m0/s1. The molecule has 2 aliphatic rings. The molecule has 174 valence electrons. The van der Waals surface area contributed by atoms with Crippen LogP contribution in [0, 0.1) is 0 Å². The lowest BCUT2D eigenvalue weighted by molar-refractivity contribution is -0.139. The lowest BCUT2D eigenvalue weighted by Crippen LogP contribution is -2.35. The first-order chi connectivity index (χ1) is 14.5. The van der Waals surface area contributed by atoms with Crippen LogP contribution >= 0.6 is 35.4 Å². The number of halogens is 2. The second-order valence-corrected chi connectivity index (χ2v) is 16.8. The van der Waals surface area contributed by atoms with Crippen LogP contribution in [-0.2, 0) is 14.2 Å². The number of rotatable bonds is 9. The Hall–Kier alpha value is -0.413. The lowest BCUT2D eigenvalue weighted by atomic mass is 9.97. The largest absolute Gasteiger partial charge is 0.467 e. The Bertz CT molecular complexity index is 802. The Morgan fingerprint density at radius 3 is 2.65 bits per heavy atom. The van der Waals surface area contributed by atoms with Crippen molar-refractivity contribution in [1.82, 2.24) is 4.90 Å². The first kappa shape index (κ1) is 25.2. The summed E-state index contributed by atoms with van der Waals surface area (Å²) in [5.74, 6) is 0.266. The van der Waals surface area contributed by atoms with Gasteiger partial charge in [-0.25, -0.2) is 0 Å². The zero-order valence-electron chi connectivity index (χ0n) is 19.0. The van der Waals surface area contributed by atoms with Gasteiger partial charge in [-0.1, -0.05) is 55.1 Å². The fourth-order valence-electron chi connectivity index (χ4n) is 3.84. The van der Waals surface area contributed by atoms with E-state index in [0.717, 1.165) is 29.6 Å². The molecule has 1 unspecified atom stereocenters. The predicted molar refractivity (Wildman–Crippen MR) is 132 cm³/mol. The topological polar surface area (TPSA) is 40.2 Å². The van der Waals surface area contributed by atoms with Gasteiger partial charge in [-0.05, 0) is 32.0 Å². The number of hydrogen-bond acceptors (Lipinski definition) is 5. The van der Waals surface area contributed by atoms with E-state index in [2.05, 4.69) is 24.5 Å². The number of hydrogen-bond donors (Lipinski definition) is 0. The highest BCUT2D eigenvalue weighted by Gasteiger charge is 2.37. The molecule has 0 saturated carbocycles. The van der Waals surface area contributed by atoms with Crippen molar-refractivity contribution in [3.63, 3.8) is 0 Å². The van der Waals surface area contributed by atoms with Gasteiger partial charge in [0.2, 0.25) is 0 Å². The number of benzene rings is 1. The summed E-state index contributed by atoms with van der Waals surface area (Å²) >= 11 is 18.6. The molecule has 0 aliphatic carbocycles. The second kappa shape index (κ2) is 10.2. The molecular formula is C22H33Cl2NO4SSi. The smallest absolute Gasteiger partial charge is 0.189 e. The molecule has 9 heteroatoms. The van der Waals surface area contributed by atoms with Crippen molar-refractivity contribution in [2.24, 2.45) is 0 Å². The van der Waals surface area contributed by atoms with E-state index in [1.807, 2.05) is 19.9 Å². The molecule has 1 aromatic carbocycles. The van der Waals surface area contributed by atoms with E-state index in [1.54, 1.807) is 6.07 Å². The summed E-state index contributed by atoms with van der Waals surface area (Å²) in [6.07, 6.45) is 0.719. The minimum Gasteiger partial charge on any atom is -0.467 e. The van der Waals surface area contributed by atoms with Gasteiger partial charge in [-0.3, -0.25) is 0 Å². The average molecular weight is 507 g/mol. The maximum absolute atomic E-state index is 6.63. The average Bonchev–Trinajstić information content (AvgIpc) is 3.18. The highest BCUT2D eigenvalue weighted by atomic mass is 35.5. The van der Waals surface area contributed by atoms with Gasteiger partial charge in [-0.2, -0.15) is 0 Å². The van der Waals surface area contributed by atoms with Crippen LogP contribution in [0.2, 0.25) is 35.7 Å².